The van der Waals surface area contributed by atoms with Crippen molar-refractivity contribution in [1.29, 1.82) is 0 Å². The summed E-state index contributed by atoms with van der Waals surface area (Å²) in [5.74, 6) is 0. The van der Waals surface area contributed by atoms with E-state index in [1.165, 1.54) is 0 Å². The molecule has 0 saturated heterocycles. The third-order valence-electron chi connectivity index (χ3n) is 2.64. The zero-order valence-corrected chi connectivity index (χ0v) is 12.6. The van der Waals surface area contributed by atoms with E-state index in [0.29, 0.717) is 6.42 Å². The summed E-state index contributed by atoms with van der Waals surface area (Å²) in [6.07, 6.45) is 6.13. The smallest absolute Gasteiger partial charge is 0.0997 e. The van der Waals surface area contributed by atoms with Gasteiger partial charge in [0.15, 0.2) is 0 Å². The Bertz CT molecular complexity index is 570. The molecule has 0 N–H and O–H groups in total. The highest BCUT2D eigenvalue weighted by molar-refractivity contribution is 9.10. The Hall–Kier alpha value is -1.39. The number of hydrogen-bond donors (Lipinski definition) is 0. The zero-order valence-electron chi connectivity index (χ0n) is 10.2. The predicted octanol–water partition coefficient (Wildman–Crippen LogP) is 5.03. The van der Waals surface area contributed by atoms with Gasteiger partial charge in [0.25, 0.3) is 0 Å². The molecular weight excluding hydrogens is 332 g/mol. The molecule has 0 aliphatic carbocycles. The molecule has 20 heavy (non-hydrogen) atoms. The molecule has 0 aliphatic rings. The fraction of sp³-hybridized carbons (Fsp3) is 0.188. The van der Waals surface area contributed by atoms with Gasteiger partial charge >= 0.3 is 0 Å². The van der Waals surface area contributed by atoms with Gasteiger partial charge in [-0.25, -0.2) is 0 Å². The molecule has 0 spiro atoms. The Morgan fingerprint density at radius 3 is 2.60 bits per heavy atom. The van der Waals surface area contributed by atoms with Crippen molar-refractivity contribution in [2.24, 2.45) is 4.99 Å². The minimum atomic E-state index is -0.0181. The van der Waals surface area contributed by atoms with Gasteiger partial charge in [-0.3, -0.25) is 9.98 Å². The summed E-state index contributed by atoms with van der Waals surface area (Å²) >= 11 is 8.32. The summed E-state index contributed by atoms with van der Waals surface area (Å²) in [6, 6.07) is 12.1. The number of aromatic nitrogens is 1. The number of hydrogen-bond acceptors (Lipinski definition) is 3. The van der Waals surface area contributed by atoms with E-state index in [2.05, 4.69) is 38.0 Å². The fourth-order valence-corrected chi connectivity index (χ4v) is 2.30. The molecule has 1 aromatic carbocycles. The lowest BCUT2D eigenvalue weighted by Crippen LogP contribution is -1.99. The highest BCUT2D eigenvalue weighted by atomic mass is 79.9. The second-order valence-corrected chi connectivity index (χ2v) is 5.22. The molecular formula is C16H17BrN2S. The minimum Gasteiger partial charge on any atom is -0.284 e. The first-order chi connectivity index (χ1) is 9.31. The SMILES string of the molecule is C.S=CCC=NC(c1ccncc1)c1cccc(Br)c1. The third-order valence-corrected chi connectivity index (χ3v) is 3.33. The second kappa shape index (κ2) is 8.72. The number of nitrogens with zero attached hydrogens (tertiary/aromatic N) is 2. The maximum absolute atomic E-state index is 4.82. The van der Waals surface area contributed by atoms with E-state index in [0.717, 1.165) is 15.6 Å². The van der Waals surface area contributed by atoms with Gasteiger partial charge in [0, 0.05) is 29.5 Å². The molecule has 0 bridgehead atoms. The lowest BCUT2D eigenvalue weighted by Gasteiger charge is -2.13. The minimum absolute atomic E-state index is 0. The van der Waals surface area contributed by atoms with Gasteiger partial charge in [0.05, 0.1) is 6.04 Å². The van der Waals surface area contributed by atoms with Crippen LogP contribution in [0.2, 0.25) is 0 Å². The summed E-state index contributed by atoms with van der Waals surface area (Å²) in [7, 11) is 0. The van der Waals surface area contributed by atoms with Crippen molar-refractivity contribution in [2.75, 3.05) is 0 Å². The van der Waals surface area contributed by atoms with Crippen LogP contribution in [0.15, 0.2) is 58.3 Å². The average Bonchev–Trinajstić information content (AvgIpc) is 2.45. The fourth-order valence-electron chi connectivity index (χ4n) is 1.80. The van der Waals surface area contributed by atoms with E-state index >= 15 is 0 Å². The summed E-state index contributed by atoms with van der Waals surface area (Å²) in [6.45, 7) is 0. The van der Waals surface area contributed by atoms with Gasteiger partial charge in [-0.2, -0.15) is 0 Å². The van der Waals surface area contributed by atoms with Crippen molar-refractivity contribution in [2.45, 2.75) is 19.9 Å². The molecule has 0 saturated carbocycles. The van der Waals surface area contributed by atoms with E-state index in [1.807, 2.05) is 30.5 Å². The second-order valence-electron chi connectivity index (χ2n) is 3.97. The normalized spacial score (nSPS) is 11.8. The quantitative estimate of drug-likeness (QED) is 0.559. The molecule has 0 amide bonds. The predicted molar refractivity (Wildman–Crippen MR) is 93.7 cm³/mol. The number of aliphatic imine (C=N–C) groups is 1. The molecule has 1 atom stereocenters. The van der Waals surface area contributed by atoms with Crippen molar-refractivity contribution in [3.8, 4) is 0 Å². The molecule has 1 heterocycles. The summed E-state index contributed by atoms with van der Waals surface area (Å²) in [4.78, 5) is 8.68. The number of benzene rings is 1. The summed E-state index contributed by atoms with van der Waals surface area (Å²) in [5.41, 5.74) is 2.26. The molecule has 2 nitrogen and oxygen atoms in total. The molecule has 104 valence electrons. The highest BCUT2D eigenvalue weighted by Crippen LogP contribution is 2.27. The van der Waals surface area contributed by atoms with Crippen LogP contribution in [0.3, 0.4) is 0 Å². The molecule has 0 aliphatic heterocycles. The highest BCUT2D eigenvalue weighted by Gasteiger charge is 2.11. The summed E-state index contributed by atoms with van der Waals surface area (Å²) < 4.78 is 1.05. The first-order valence-corrected chi connectivity index (χ1v) is 7.18. The van der Waals surface area contributed by atoms with Crippen LogP contribution in [-0.4, -0.2) is 16.6 Å². The first kappa shape index (κ1) is 16.7. The van der Waals surface area contributed by atoms with Crippen LogP contribution < -0.4 is 0 Å². The van der Waals surface area contributed by atoms with Crippen molar-refractivity contribution in [1.82, 2.24) is 4.98 Å². The molecule has 0 fully saturated rings. The molecule has 2 rings (SSSR count). The van der Waals surface area contributed by atoms with Gasteiger partial charge in [-0.05, 0) is 40.8 Å². The van der Waals surface area contributed by atoms with Gasteiger partial charge in [-0.1, -0.05) is 47.7 Å². The first-order valence-electron chi connectivity index (χ1n) is 5.92. The zero-order chi connectivity index (χ0) is 13.5. The molecule has 1 aromatic heterocycles. The van der Waals surface area contributed by atoms with Crippen LogP contribution in [0.1, 0.15) is 31.0 Å². The van der Waals surface area contributed by atoms with Crippen LogP contribution in [0, 0.1) is 0 Å². The Kier molecular flexibility index (Phi) is 7.26. The van der Waals surface area contributed by atoms with Gasteiger partial charge in [-0.15, -0.1) is 0 Å². The van der Waals surface area contributed by atoms with E-state index in [9.17, 15) is 0 Å². The lowest BCUT2D eigenvalue weighted by atomic mass is 10.0. The molecule has 4 heteroatoms. The Labute approximate surface area is 134 Å². The van der Waals surface area contributed by atoms with Gasteiger partial charge in [0.1, 0.15) is 0 Å². The van der Waals surface area contributed by atoms with E-state index < -0.39 is 0 Å². The van der Waals surface area contributed by atoms with Crippen LogP contribution in [0.5, 0.6) is 0 Å². The van der Waals surface area contributed by atoms with E-state index in [4.69, 9.17) is 12.2 Å². The van der Waals surface area contributed by atoms with Gasteiger partial charge < -0.3 is 0 Å². The molecule has 1 unspecified atom stereocenters. The van der Waals surface area contributed by atoms with Crippen LogP contribution >= 0.6 is 28.1 Å². The Balaban J connectivity index is 0.00000200. The Morgan fingerprint density at radius 1 is 1.20 bits per heavy atom. The van der Waals surface area contributed by atoms with Crippen molar-refractivity contribution in [3.05, 3.63) is 64.4 Å². The number of pyridine rings is 1. The topological polar surface area (TPSA) is 25.2 Å². The van der Waals surface area contributed by atoms with Crippen LogP contribution in [0.25, 0.3) is 0 Å². The van der Waals surface area contributed by atoms with Crippen molar-refractivity contribution < 1.29 is 0 Å². The van der Waals surface area contributed by atoms with Crippen LogP contribution in [-0.2, 0) is 0 Å². The largest absolute Gasteiger partial charge is 0.284 e. The standard InChI is InChI=1S/C15H13BrN2S.CH4/c16-14-4-1-3-13(11-14)15(18-7-2-10-19)12-5-8-17-9-6-12;/h1,3-11,15H,2H2;1H4. The van der Waals surface area contributed by atoms with Gasteiger partial charge in [0.2, 0.25) is 0 Å². The number of rotatable bonds is 5. The third kappa shape index (κ3) is 4.62. The Morgan fingerprint density at radius 2 is 1.95 bits per heavy atom. The average molecular weight is 349 g/mol. The number of halogens is 1. The molecule has 2 aromatic rings. The monoisotopic (exact) mass is 348 g/mol. The van der Waals surface area contributed by atoms with Crippen molar-refractivity contribution in [3.63, 3.8) is 0 Å². The van der Waals surface area contributed by atoms with E-state index in [-0.39, 0.29) is 13.5 Å². The van der Waals surface area contributed by atoms with Crippen LogP contribution in [0.4, 0.5) is 0 Å². The van der Waals surface area contributed by atoms with Crippen molar-refractivity contribution >= 4 is 39.7 Å². The molecule has 0 radical (unpaired) electrons. The lowest BCUT2D eigenvalue weighted by molar-refractivity contribution is 0.871. The maximum atomic E-state index is 4.82. The summed E-state index contributed by atoms with van der Waals surface area (Å²) in [5, 5.41) is 1.67. The maximum Gasteiger partial charge on any atom is 0.0997 e. The van der Waals surface area contributed by atoms with E-state index in [1.54, 1.807) is 17.8 Å². The number of thiocarbonyl (C=S) groups is 1.